The first kappa shape index (κ1) is 14.8. The molecule has 3 nitrogen and oxygen atoms in total. The van der Waals surface area contributed by atoms with Crippen molar-refractivity contribution in [2.24, 2.45) is 0 Å². The highest BCUT2D eigenvalue weighted by Gasteiger charge is 2.28. The molecule has 1 aliphatic rings. The highest BCUT2D eigenvalue weighted by atomic mass is 35.5. The van der Waals surface area contributed by atoms with Crippen molar-refractivity contribution in [1.29, 1.82) is 0 Å². The lowest BCUT2D eigenvalue weighted by Gasteiger charge is -2.33. The molecule has 1 aromatic rings. The van der Waals surface area contributed by atoms with Gasteiger partial charge in [-0.1, -0.05) is 19.3 Å². The molecule has 0 spiro atoms. The van der Waals surface area contributed by atoms with Crippen molar-refractivity contribution in [1.82, 2.24) is 9.88 Å². The second-order valence-corrected chi connectivity index (χ2v) is 6.71. The number of aromatic nitrogens is 1. The molecule has 1 aliphatic carbocycles. The van der Waals surface area contributed by atoms with Crippen molar-refractivity contribution >= 4 is 28.8 Å². The molecule has 1 heterocycles. The summed E-state index contributed by atoms with van der Waals surface area (Å²) in [5.74, 6) is 0.620. The van der Waals surface area contributed by atoms with Crippen LogP contribution in [0.25, 0.3) is 0 Å². The molecule has 1 amide bonds. The predicted octanol–water partition coefficient (Wildman–Crippen LogP) is 3.77. The standard InChI is InChI=1S/C14H21ClN2OS/c1-10-13(19-11(2)16-10)14(18)17(9-8-15)12-6-4-3-5-7-12/h12H,3-9H2,1-2H3. The summed E-state index contributed by atoms with van der Waals surface area (Å²) in [6.07, 6.45) is 5.95. The quantitative estimate of drug-likeness (QED) is 0.793. The van der Waals surface area contributed by atoms with Gasteiger partial charge in [0.25, 0.3) is 5.91 Å². The Morgan fingerprint density at radius 3 is 2.58 bits per heavy atom. The van der Waals surface area contributed by atoms with Crippen molar-refractivity contribution < 1.29 is 4.79 Å². The summed E-state index contributed by atoms with van der Waals surface area (Å²) < 4.78 is 0. The third-order valence-corrected chi connectivity index (χ3v) is 4.93. The number of thiazole rings is 1. The number of alkyl halides is 1. The fourth-order valence-electron chi connectivity index (χ4n) is 2.79. The molecule has 0 unspecified atom stereocenters. The number of aryl methyl sites for hydroxylation is 2. The SMILES string of the molecule is Cc1nc(C)c(C(=O)N(CCCl)C2CCCCC2)s1. The van der Waals surface area contributed by atoms with E-state index in [0.29, 0.717) is 18.5 Å². The zero-order valence-corrected chi connectivity index (χ0v) is 13.2. The van der Waals surface area contributed by atoms with Crippen LogP contribution in [-0.4, -0.2) is 34.3 Å². The van der Waals surface area contributed by atoms with Gasteiger partial charge in [0.15, 0.2) is 0 Å². The van der Waals surface area contributed by atoms with Crippen LogP contribution < -0.4 is 0 Å². The van der Waals surface area contributed by atoms with E-state index in [4.69, 9.17) is 11.6 Å². The van der Waals surface area contributed by atoms with Gasteiger partial charge in [-0.25, -0.2) is 4.98 Å². The molecular formula is C14H21ClN2OS. The van der Waals surface area contributed by atoms with E-state index in [0.717, 1.165) is 28.4 Å². The second-order valence-electron chi connectivity index (χ2n) is 5.13. The number of carbonyl (C=O) groups is 1. The van der Waals surface area contributed by atoms with Gasteiger partial charge in [0.1, 0.15) is 4.88 Å². The molecule has 19 heavy (non-hydrogen) atoms. The monoisotopic (exact) mass is 300 g/mol. The van der Waals surface area contributed by atoms with Crippen LogP contribution in [0.1, 0.15) is 52.5 Å². The van der Waals surface area contributed by atoms with Crippen LogP contribution in [0.15, 0.2) is 0 Å². The average Bonchev–Trinajstić information content (AvgIpc) is 2.75. The topological polar surface area (TPSA) is 33.2 Å². The highest BCUT2D eigenvalue weighted by Crippen LogP contribution is 2.26. The number of nitrogens with zero attached hydrogens (tertiary/aromatic N) is 2. The van der Waals surface area contributed by atoms with Crippen molar-refractivity contribution in [3.8, 4) is 0 Å². The maximum atomic E-state index is 12.7. The number of amides is 1. The van der Waals surface area contributed by atoms with Gasteiger partial charge in [-0.15, -0.1) is 22.9 Å². The Morgan fingerprint density at radius 1 is 1.37 bits per heavy atom. The first-order valence-electron chi connectivity index (χ1n) is 6.94. The van der Waals surface area contributed by atoms with Gasteiger partial charge in [-0.3, -0.25) is 4.79 Å². The number of hydrogen-bond donors (Lipinski definition) is 0. The van der Waals surface area contributed by atoms with Crippen LogP contribution in [0.2, 0.25) is 0 Å². The summed E-state index contributed by atoms with van der Waals surface area (Å²) in [5, 5.41) is 0.954. The van der Waals surface area contributed by atoms with Crippen LogP contribution in [0.3, 0.4) is 0 Å². The molecular weight excluding hydrogens is 280 g/mol. The third-order valence-electron chi connectivity index (χ3n) is 3.70. The molecule has 0 N–H and O–H groups in total. The highest BCUT2D eigenvalue weighted by molar-refractivity contribution is 7.13. The third kappa shape index (κ3) is 3.48. The number of halogens is 1. The minimum absolute atomic E-state index is 0.121. The van der Waals surface area contributed by atoms with Crippen LogP contribution >= 0.6 is 22.9 Å². The van der Waals surface area contributed by atoms with Gasteiger partial charge in [-0.2, -0.15) is 0 Å². The molecule has 106 valence electrons. The molecule has 0 atom stereocenters. The first-order chi connectivity index (χ1) is 9.13. The van der Waals surface area contributed by atoms with Gasteiger partial charge in [0.2, 0.25) is 0 Å². The Morgan fingerprint density at radius 2 is 2.05 bits per heavy atom. The normalized spacial score (nSPS) is 16.6. The van der Waals surface area contributed by atoms with Crippen molar-refractivity contribution in [2.45, 2.75) is 52.0 Å². The van der Waals surface area contributed by atoms with Crippen molar-refractivity contribution in [3.05, 3.63) is 15.6 Å². The van der Waals surface area contributed by atoms with Crippen LogP contribution in [0.5, 0.6) is 0 Å². The lowest BCUT2D eigenvalue weighted by Crippen LogP contribution is -2.42. The van der Waals surface area contributed by atoms with E-state index in [1.807, 2.05) is 18.7 Å². The number of hydrogen-bond acceptors (Lipinski definition) is 3. The van der Waals surface area contributed by atoms with E-state index in [9.17, 15) is 4.79 Å². The Balaban J connectivity index is 2.17. The van der Waals surface area contributed by atoms with Crippen molar-refractivity contribution in [2.75, 3.05) is 12.4 Å². The zero-order chi connectivity index (χ0) is 13.8. The van der Waals surface area contributed by atoms with Crippen LogP contribution in [0.4, 0.5) is 0 Å². The zero-order valence-electron chi connectivity index (χ0n) is 11.6. The molecule has 0 aromatic carbocycles. The minimum Gasteiger partial charge on any atom is -0.334 e. The molecule has 0 bridgehead atoms. The summed E-state index contributed by atoms with van der Waals surface area (Å²) in [6, 6.07) is 0.363. The number of carbonyl (C=O) groups excluding carboxylic acids is 1. The molecule has 0 aliphatic heterocycles. The lowest BCUT2D eigenvalue weighted by molar-refractivity contribution is 0.0654. The summed E-state index contributed by atoms with van der Waals surface area (Å²) in [7, 11) is 0. The number of rotatable bonds is 4. The van der Waals surface area contributed by atoms with Crippen LogP contribution in [0, 0.1) is 13.8 Å². The Kier molecular flexibility index (Phi) is 5.22. The minimum atomic E-state index is 0.121. The smallest absolute Gasteiger partial charge is 0.266 e. The van der Waals surface area contributed by atoms with Crippen molar-refractivity contribution in [3.63, 3.8) is 0 Å². The van der Waals surface area contributed by atoms with E-state index in [2.05, 4.69) is 4.98 Å². The summed E-state index contributed by atoms with van der Waals surface area (Å²) in [4.78, 5) is 19.8. The molecule has 0 radical (unpaired) electrons. The Bertz CT molecular complexity index is 441. The molecule has 1 aromatic heterocycles. The van der Waals surface area contributed by atoms with Gasteiger partial charge in [0.05, 0.1) is 10.7 Å². The van der Waals surface area contributed by atoms with Gasteiger partial charge in [-0.05, 0) is 26.7 Å². The summed E-state index contributed by atoms with van der Waals surface area (Å²) in [6.45, 7) is 4.50. The van der Waals surface area contributed by atoms with Gasteiger partial charge < -0.3 is 4.90 Å². The molecule has 5 heteroatoms. The first-order valence-corrected chi connectivity index (χ1v) is 8.29. The molecule has 1 fully saturated rings. The molecule has 0 saturated heterocycles. The molecule has 1 saturated carbocycles. The molecule has 2 rings (SSSR count). The predicted molar refractivity (Wildman–Crippen MR) is 80.2 cm³/mol. The second kappa shape index (κ2) is 6.71. The van der Waals surface area contributed by atoms with Crippen LogP contribution in [-0.2, 0) is 0 Å². The average molecular weight is 301 g/mol. The van der Waals surface area contributed by atoms with Gasteiger partial charge in [0, 0.05) is 18.5 Å². The summed E-state index contributed by atoms with van der Waals surface area (Å²) >= 11 is 7.38. The van der Waals surface area contributed by atoms with E-state index >= 15 is 0 Å². The van der Waals surface area contributed by atoms with E-state index < -0.39 is 0 Å². The summed E-state index contributed by atoms with van der Waals surface area (Å²) in [5.41, 5.74) is 0.850. The largest absolute Gasteiger partial charge is 0.334 e. The Labute approximate surface area is 124 Å². The maximum Gasteiger partial charge on any atom is 0.266 e. The van der Waals surface area contributed by atoms with E-state index in [1.54, 1.807) is 0 Å². The lowest BCUT2D eigenvalue weighted by atomic mass is 9.94. The fraction of sp³-hybridized carbons (Fsp3) is 0.714. The Hall–Kier alpha value is -0.610. The van der Waals surface area contributed by atoms with E-state index in [1.165, 1.54) is 30.6 Å². The fourth-order valence-corrected chi connectivity index (χ4v) is 3.85. The van der Waals surface area contributed by atoms with Gasteiger partial charge >= 0.3 is 0 Å². The van der Waals surface area contributed by atoms with E-state index in [-0.39, 0.29) is 5.91 Å². The maximum absolute atomic E-state index is 12.7.